The molecule has 0 amide bonds. The molecule has 1 aromatic heterocycles. The molecule has 1 fully saturated rings. The second-order valence-electron chi connectivity index (χ2n) is 5.32. The Hall–Kier alpha value is -1.65. The van der Waals surface area contributed by atoms with Gasteiger partial charge in [-0.05, 0) is 41.3 Å². The van der Waals surface area contributed by atoms with Crippen LogP contribution in [-0.4, -0.2) is 13.1 Å². The van der Waals surface area contributed by atoms with Crippen molar-refractivity contribution in [1.29, 1.82) is 0 Å². The Morgan fingerprint density at radius 2 is 2.14 bits per heavy atom. The first kappa shape index (κ1) is 14.3. The van der Waals surface area contributed by atoms with Crippen molar-refractivity contribution < 1.29 is 9.53 Å². The van der Waals surface area contributed by atoms with Crippen molar-refractivity contribution in [2.75, 3.05) is 7.11 Å². The average molecular weight is 301 g/mol. The van der Waals surface area contributed by atoms with Crippen LogP contribution in [0.5, 0.6) is 0 Å². The Morgan fingerprint density at radius 3 is 2.81 bits per heavy atom. The molecule has 1 aromatic carbocycles. The standard InChI is InChI=1S/C17H19NO2S/c1-20-17(19)16(18-11-13-5-4-10-21-13)15-7-3-2-6-14(15)12-8-9-12/h2-7,10,12,16,18H,8-9,11H2,1H3. The number of hydrogen-bond donors (Lipinski definition) is 1. The maximum absolute atomic E-state index is 12.2. The van der Waals surface area contributed by atoms with E-state index in [4.69, 9.17) is 4.74 Å². The second-order valence-corrected chi connectivity index (χ2v) is 6.35. The van der Waals surface area contributed by atoms with Crippen LogP contribution in [-0.2, 0) is 16.1 Å². The maximum atomic E-state index is 12.2. The quantitative estimate of drug-likeness (QED) is 0.828. The molecule has 1 atom stereocenters. The number of methoxy groups -OCH3 is 1. The fraction of sp³-hybridized carbons (Fsp3) is 0.353. The molecule has 4 heteroatoms. The van der Waals surface area contributed by atoms with Crippen molar-refractivity contribution in [3.63, 3.8) is 0 Å². The molecule has 2 aromatic rings. The topological polar surface area (TPSA) is 38.3 Å². The molecule has 3 rings (SSSR count). The van der Waals surface area contributed by atoms with E-state index in [2.05, 4.69) is 17.4 Å². The largest absolute Gasteiger partial charge is 0.468 e. The van der Waals surface area contributed by atoms with Crippen LogP contribution in [0.25, 0.3) is 0 Å². The zero-order valence-corrected chi connectivity index (χ0v) is 12.9. The lowest BCUT2D eigenvalue weighted by Gasteiger charge is -2.19. The summed E-state index contributed by atoms with van der Waals surface area (Å²) in [5, 5.41) is 5.39. The van der Waals surface area contributed by atoms with Crippen LogP contribution in [0.1, 0.15) is 40.8 Å². The van der Waals surface area contributed by atoms with Gasteiger partial charge in [0.15, 0.2) is 0 Å². The van der Waals surface area contributed by atoms with Crippen molar-refractivity contribution in [1.82, 2.24) is 5.32 Å². The van der Waals surface area contributed by atoms with Gasteiger partial charge in [-0.25, -0.2) is 4.79 Å². The summed E-state index contributed by atoms with van der Waals surface area (Å²) in [6, 6.07) is 11.9. The van der Waals surface area contributed by atoms with Gasteiger partial charge in [-0.1, -0.05) is 30.3 Å². The number of hydrogen-bond acceptors (Lipinski definition) is 4. The van der Waals surface area contributed by atoms with Crippen molar-refractivity contribution in [2.45, 2.75) is 31.3 Å². The molecule has 0 saturated heterocycles. The molecule has 1 aliphatic rings. The summed E-state index contributed by atoms with van der Waals surface area (Å²) < 4.78 is 4.99. The van der Waals surface area contributed by atoms with Gasteiger partial charge >= 0.3 is 5.97 Å². The van der Waals surface area contributed by atoms with E-state index in [1.165, 1.54) is 30.4 Å². The van der Waals surface area contributed by atoms with Gasteiger partial charge in [0.2, 0.25) is 0 Å². The van der Waals surface area contributed by atoms with E-state index >= 15 is 0 Å². The monoisotopic (exact) mass is 301 g/mol. The summed E-state index contributed by atoms with van der Waals surface area (Å²) in [6.45, 7) is 0.677. The van der Waals surface area contributed by atoms with Gasteiger partial charge in [0, 0.05) is 11.4 Å². The molecule has 0 aliphatic heterocycles. The highest BCUT2D eigenvalue weighted by molar-refractivity contribution is 7.09. The Labute approximate surface area is 129 Å². The first-order valence-corrected chi connectivity index (χ1v) is 8.10. The Balaban J connectivity index is 1.83. The average Bonchev–Trinajstić information content (AvgIpc) is 3.24. The zero-order valence-electron chi connectivity index (χ0n) is 12.0. The zero-order chi connectivity index (χ0) is 14.7. The number of thiophene rings is 1. The molecule has 1 heterocycles. The third-order valence-corrected chi connectivity index (χ3v) is 4.70. The molecule has 0 spiro atoms. The number of nitrogens with one attached hydrogen (secondary N) is 1. The van der Waals surface area contributed by atoms with Gasteiger partial charge < -0.3 is 4.74 Å². The van der Waals surface area contributed by atoms with Gasteiger partial charge in [-0.15, -0.1) is 11.3 Å². The molecule has 110 valence electrons. The lowest BCUT2D eigenvalue weighted by Crippen LogP contribution is -2.29. The Bertz CT molecular complexity index is 605. The van der Waals surface area contributed by atoms with E-state index in [0.717, 1.165) is 5.56 Å². The molecule has 21 heavy (non-hydrogen) atoms. The molecule has 1 aliphatic carbocycles. The van der Waals surface area contributed by atoms with Crippen LogP contribution in [0.2, 0.25) is 0 Å². The molecule has 1 unspecified atom stereocenters. The molecule has 1 saturated carbocycles. The number of benzene rings is 1. The van der Waals surface area contributed by atoms with Crippen LogP contribution in [0.4, 0.5) is 0 Å². The van der Waals surface area contributed by atoms with Crippen LogP contribution in [0.15, 0.2) is 41.8 Å². The Morgan fingerprint density at radius 1 is 1.33 bits per heavy atom. The van der Waals surface area contributed by atoms with E-state index in [1.54, 1.807) is 11.3 Å². The van der Waals surface area contributed by atoms with E-state index in [1.807, 2.05) is 29.6 Å². The van der Waals surface area contributed by atoms with Gasteiger partial charge in [-0.2, -0.15) is 0 Å². The van der Waals surface area contributed by atoms with E-state index in [-0.39, 0.29) is 5.97 Å². The predicted molar refractivity (Wildman–Crippen MR) is 84.3 cm³/mol. The maximum Gasteiger partial charge on any atom is 0.327 e. The third-order valence-electron chi connectivity index (χ3n) is 3.82. The summed E-state index contributed by atoms with van der Waals surface area (Å²) in [4.78, 5) is 13.4. The van der Waals surface area contributed by atoms with Crippen molar-refractivity contribution in [3.8, 4) is 0 Å². The third kappa shape index (κ3) is 3.34. The minimum atomic E-state index is -0.395. The first-order chi connectivity index (χ1) is 10.3. The number of carbonyl (C=O) groups excluding carboxylic acids is 1. The van der Waals surface area contributed by atoms with Gasteiger partial charge in [-0.3, -0.25) is 5.32 Å². The van der Waals surface area contributed by atoms with E-state index in [0.29, 0.717) is 12.5 Å². The predicted octanol–water partition coefficient (Wildman–Crippen LogP) is 3.63. The van der Waals surface area contributed by atoms with Crippen LogP contribution in [0, 0.1) is 0 Å². The van der Waals surface area contributed by atoms with Crippen molar-refractivity contribution in [2.24, 2.45) is 0 Å². The minimum Gasteiger partial charge on any atom is -0.468 e. The summed E-state index contributed by atoms with van der Waals surface area (Å²) >= 11 is 1.69. The number of esters is 1. The van der Waals surface area contributed by atoms with Gasteiger partial charge in [0.05, 0.1) is 7.11 Å². The van der Waals surface area contributed by atoms with Gasteiger partial charge in [0.25, 0.3) is 0 Å². The summed E-state index contributed by atoms with van der Waals surface area (Å²) in [7, 11) is 1.45. The van der Waals surface area contributed by atoms with Crippen molar-refractivity contribution in [3.05, 3.63) is 57.8 Å². The SMILES string of the molecule is COC(=O)C(NCc1cccs1)c1ccccc1C1CC1. The molecular formula is C17H19NO2S. The van der Waals surface area contributed by atoms with Crippen LogP contribution in [0.3, 0.4) is 0 Å². The first-order valence-electron chi connectivity index (χ1n) is 7.22. The molecule has 1 N–H and O–H groups in total. The van der Waals surface area contributed by atoms with Crippen LogP contribution < -0.4 is 5.32 Å². The molecular weight excluding hydrogens is 282 g/mol. The summed E-state index contributed by atoms with van der Waals surface area (Å²) in [5.74, 6) is 0.386. The second kappa shape index (κ2) is 6.41. The highest BCUT2D eigenvalue weighted by atomic mass is 32.1. The van der Waals surface area contributed by atoms with E-state index in [9.17, 15) is 4.79 Å². The highest BCUT2D eigenvalue weighted by Crippen LogP contribution is 2.43. The lowest BCUT2D eigenvalue weighted by atomic mass is 9.97. The van der Waals surface area contributed by atoms with Gasteiger partial charge in [0.1, 0.15) is 6.04 Å². The molecule has 0 radical (unpaired) electrons. The minimum absolute atomic E-state index is 0.223. The number of carbonyl (C=O) groups is 1. The number of rotatable bonds is 6. The Kier molecular flexibility index (Phi) is 4.36. The lowest BCUT2D eigenvalue weighted by molar-refractivity contribution is -0.143. The fourth-order valence-corrected chi connectivity index (χ4v) is 3.25. The smallest absolute Gasteiger partial charge is 0.327 e. The van der Waals surface area contributed by atoms with Crippen molar-refractivity contribution >= 4 is 17.3 Å². The fourth-order valence-electron chi connectivity index (χ4n) is 2.59. The van der Waals surface area contributed by atoms with Crippen LogP contribution >= 0.6 is 11.3 Å². The molecule has 0 bridgehead atoms. The summed E-state index contributed by atoms with van der Waals surface area (Å²) in [5.41, 5.74) is 2.34. The molecule has 3 nitrogen and oxygen atoms in total. The normalized spacial score (nSPS) is 15.7. The van der Waals surface area contributed by atoms with E-state index < -0.39 is 6.04 Å². The number of ether oxygens (including phenoxy) is 1. The summed E-state index contributed by atoms with van der Waals surface area (Å²) in [6.07, 6.45) is 2.44. The highest BCUT2D eigenvalue weighted by Gasteiger charge is 2.31.